The van der Waals surface area contributed by atoms with E-state index in [4.69, 9.17) is 55.1 Å². The van der Waals surface area contributed by atoms with Crippen LogP contribution >= 0.6 is 31.7 Å². The number of rotatable bonds is 50. The van der Waals surface area contributed by atoms with Gasteiger partial charge in [-0.05, 0) is 340 Å². The third kappa shape index (κ3) is 38.6. The Bertz CT molecular complexity index is 2980. The molecule has 13 nitrogen and oxygen atoms in total. The van der Waals surface area contributed by atoms with E-state index < -0.39 is 0 Å². The van der Waals surface area contributed by atoms with E-state index in [9.17, 15) is 11.5 Å². The summed E-state index contributed by atoms with van der Waals surface area (Å²) in [5, 5.41) is 0. The van der Waals surface area contributed by atoms with Gasteiger partial charge in [0.1, 0.15) is 27.2 Å². The van der Waals surface area contributed by atoms with E-state index in [2.05, 4.69) is 34.6 Å². The molecule has 17 fully saturated rings. The SMILES string of the molecule is C1CCC([PH+](CCC[PH+](C2CCCCC2)C2CCCCC2)C2CCCCC2)CC1.C1CCC([PH+](CCC[PH+](C2CCCCC2)C2CCCCC2)C2CCCCC2)CC1.CCCCCCCCCCC1C2CC3C(CCCCCCCCC)C4CC5C(CCCCCC)C6CC7C(CCCCCCCCCC)C8CC1C1OCOC2C(C[NH-])C3OCOC4C(C)C5OCOC6C(CN)C7OCOC8C1C[NH-].CC[NH-].C[NH-].[Pt+2].[Pt+2]. The minimum Gasteiger partial charge on any atom is -0.680 e. The molecule has 0 aromatic rings. The smallest absolute Gasteiger partial charge is 0.680 e. The Morgan fingerprint density at radius 2 is 0.381 bits per heavy atom. The van der Waals surface area contributed by atoms with Crippen LogP contribution in [0.2, 0.25) is 0 Å². The van der Waals surface area contributed by atoms with E-state index >= 15 is 0 Å². The molecule has 6 N–H and O–H groups in total. The van der Waals surface area contributed by atoms with Crippen molar-refractivity contribution in [1.29, 1.82) is 0 Å². The zero-order valence-electron chi connectivity index (χ0n) is 96.9. The first kappa shape index (κ1) is 130. The summed E-state index contributed by atoms with van der Waals surface area (Å²) in [7, 11) is 0.910. The normalized spacial score (nSPS) is 34.0. The minimum absolute atomic E-state index is 0. The Balaban J connectivity index is 0.000000255. The topological polar surface area (TPSA) is 195 Å². The summed E-state index contributed by atoms with van der Waals surface area (Å²) in [6.07, 6.45) is 118. The van der Waals surface area contributed by atoms with Gasteiger partial charge in [0.05, 0.1) is 119 Å². The van der Waals surface area contributed by atoms with Crippen LogP contribution in [0, 0.1) is 94.7 Å². The summed E-state index contributed by atoms with van der Waals surface area (Å²) in [6.45, 7) is 16.2. The Morgan fingerprint density at radius 1 is 0.218 bits per heavy atom. The maximum atomic E-state index is 9.67. The van der Waals surface area contributed by atoms with Gasteiger partial charge < -0.3 is 66.6 Å². The van der Waals surface area contributed by atoms with Crippen LogP contribution in [-0.4, -0.2) is 179 Å². The fourth-order valence-electron chi connectivity index (χ4n) is 36.6. The Labute approximate surface area is 942 Å². The fourth-order valence-corrected chi connectivity index (χ4v) is 54.7. The minimum atomic E-state index is -0.116. The molecule has 0 spiro atoms. The molecule has 13 aliphatic carbocycles. The predicted octanol–water partition coefficient (Wildman–Crippen LogP) is 37.7. The first-order valence-corrected chi connectivity index (χ1v) is 73.6. The van der Waals surface area contributed by atoms with Gasteiger partial charge in [0.25, 0.3) is 0 Å². The second kappa shape index (κ2) is 75.1. The fraction of sp³-hybridized carbons (Fsp3) is 1.00. The molecule has 0 aromatic carbocycles. The van der Waals surface area contributed by atoms with Crippen molar-refractivity contribution in [3.63, 3.8) is 0 Å². The monoisotopic (exact) mass is 2490 g/mol. The van der Waals surface area contributed by atoms with Gasteiger partial charge in [-0.25, -0.2) is 0 Å². The second-order valence-electron chi connectivity index (χ2n) is 52.3. The van der Waals surface area contributed by atoms with Gasteiger partial charge in [0, 0.05) is 62.9 Å². The van der Waals surface area contributed by atoms with E-state index in [-0.39, 0.29) is 187 Å². The average Bonchev–Trinajstić information content (AvgIpc) is 0.718. The molecular weight excluding hydrogens is 2250 g/mol. The molecule has 862 valence electrons. The average molecular weight is 2490 g/mol. The van der Waals surface area contributed by atoms with Gasteiger partial charge in [-0.2, -0.15) is 13.6 Å². The molecule has 4 saturated heterocycles. The van der Waals surface area contributed by atoms with Gasteiger partial charge in [-0.3, -0.25) is 0 Å². The third-order valence-corrected chi connectivity index (χ3v) is 60.3. The van der Waals surface area contributed by atoms with E-state index in [1.807, 2.05) is 0 Å². The molecule has 24 atom stereocenters. The number of nitrogens with one attached hydrogen (secondary N) is 4. The standard InChI is InChI=1S/C71H127N3O8.2C27H50P2.C2H6N.CH4N.2Pt/c1-6-10-14-18-21-24-27-31-35-51-57-38-55-49(33-29-17-13-9-4)53-37-54-50(34-30-26-23-20-16-12-8-3)56-39-58-52(36-32-28-25-22-19-15-11-7-2)60-40-59(51)70-63(43-74)71(60)82-47-80-69(58)62(42-73)67(56)78-45-76-65(54)48(5)64(53)75-44-77-66(55)61(41-72)68(57)79-46-81-70;2*1-5-14-24(15-6-1)28(25-16-7-2-8-17-25)22-13-23-29(26-18-9-3-10-19-26)27-20-11-4-12-21-27;1-2-3;1-2;;/h48-71,73-74H,6-47,72H2,1-5H3;2*24-27H,1-23H2;3H,2H2,1H3;2H,1H3;;/q-2;;;2*-1;2*+2/p+4. The molecule has 0 aromatic heterocycles. The predicted molar refractivity (Wildman–Crippen MR) is 634 cm³/mol. The van der Waals surface area contributed by atoms with Crippen molar-refractivity contribution in [1.82, 2.24) is 0 Å². The third-order valence-electron chi connectivity index (χ3n) is 43.6. The first-order valence-electron chi connectivity index (χ1n) is 66.2. The Morgan fingerprint density at radius 3 is 0.565 bits per heavy atom. The number of hydrogen-bond donors (Lipinski definition) is 1. The number of unbranched alkanes of at least 4 members (excludes halogenated alkanes) is 23. The van der Waals surface area contributed by atoms with Crippen LogP contribution in [0.4, 0.5) is 0 Å². The van der Waals surface area contributed by atoms with Crippen LogP contribution in [0.5, 0.6) is 0 Å². The van der Waals surface area contributed by atoms with Crippen LogP contribution in [0.15, 0.2) is 0 Å². The van der Waals surface area contributed by atoms with E-state index in [1.54, 1.807) is 301 Å². The molecule has 147 heavy (non-hydrogen) atoms. The zero-order chi connectivity index (χ0) is 101. The molecule has 19 heteroatoms. The van der Waals surface area contributed by atoms with E-state index in [0.29, 0.717) is 84.1 Å². The van der Waals surface area contributed by atoms with Crippen molar-refractivity contribution in [2.24, 2.45) is 100 Å². The zero-order valence-corrected chi connectivity index (χ0v) is 105. The molecule has 13 saturated carbocycles. The quantitative estimate of drug-likeness (QED) is 0.0455. The van der Waals surface area contributed by atoms with Crippen molar-refractivity contribution in [3.05, 3.63) is 22.9 Å². The Kier molecular flexibility index (Phi) is 66.2. The van der Waals surface area contributed by atoms with Crippen LogP contribution in [0.1, 0.15) is 536 Å². The maximum Gasteiger partial charge on any atom is 2.00 e. The maximum absolute atomic E-state index is 9.67. The van der Waals surface area contributed by atoms with Crippen molar-refractivity contribution >= 4 is 31.7 Å². The summed E-state index contributed by atoms with van der Waals surface area (Å²) in [5.74, 6) is 4.39. The largest absolute Gasteiger partial charge is 2.00 e. The van der Waals surface area contributed by atoms with Crippen LogP contribution in [0.3, 0.4) is 0 Å². The molecule has 0 amide bonds. The van der Waals surface area contributed by atoms with Gasteiger partial charge in [-0.15, -0.1) is 13.1 Å². The summed E-state index contributed by atoms with van der Waals surface area (Å²) < 4.78 is 58.3. The second-order valence-corrected chi connectivity index (χ2v) is 65.4. The molecule has 17 aliphatic rings. The van der Waals surface area contributed by atoms with Crippen molar-refractivity contribution in [2.45, 2.75) is 630 Å². The first-order chi connectivity index (χ1) is 71.7. The van der Waals surface area contributed by atoms with Gasteiger partial charge in [0.2, 0.25) is 0 Å². The van der Waals surface area contributed by atoms with E-state index in [0.717, 1.165) is 25.7 Å². The molecular formula is C128H241N5O8P4Pt2+4. The molecule has 4 heterocycles. The van der Waals surface area contributed by atoms with Crippen LogP contribution in [-0.2, 0) is 80.0 Å². The number of nitrogens with two attached hydrogens (primary N) is 1. The van der Waals surface area contributed by atoms with Gasteiger partial charge >= 0.3 is 42.1 Å². The van der Waals surface area contributed by atoms with Crippen LogP contribution < -0.4 is 5.73 Å². The summed E-state index contributed by atoms with van der Waals surface area (Å²) in [5.41, 5.74) is 48.3. The van der Waals surface area contributed by atoms with E-state index in [1.165, 1.54) is 251 Å². The molecule has 0 radical (unpaired) electrons. The van der Waals surface area contributed by atoms with Crippen molar-refractivity contribution in [3.8, 4) is 0 Å². The van der Waals surface area contributed by atoms with Gasteiger partial charge in [-0.1, -0.05) is 266 Å². The van der Waals surface area contributed by atoms with Crippen molar-refractivity contribution < 1.29 is 80.0 Å². The number of ether oxygens (including phenoxy) is 8. The molecule has 4 aliphatic heterocycles. The van der Waals surface area contributed by atoms with Gasteiger partial charge in [0.15, 0.2) is 0 Å². The number of hydrogen-bond acceptors (Lipinski definition) is 9. The molecule has 8 bridgehead atoms. The Hall–Kier alpha value is 2.58. The summed E-state index contributed by atoms with van der Waals surface area (Å²) >= 11 is 0. The molecule has 24 unspecified atom stereocenters. The summed E-state index contributed by atoms with van der Waals surface area (Å²) in [6, 6.07) is 0. The van der Waals surface area contributed by atoms with Crippen molar-refractivity contribution in [2.75, 3.05) is 85.0 Å². The van der Waals surface area contributed by atoms with Crippen LogP contribution in [0.25, 0.3) is 22.9 Å². The molecule has 17 rings (SSSR count). The summed E-state index contributed by atoms with van der Waals surface area (Å²) in [4.78, 5) is 0.